The average Bonchev–Trinajstić information content (AvgIpc) is 2.48. The van der Waals surface area contributed by atoms with Gasteiger partial charge < -0.3 is 10.6 Å². The normalized spacial score (nSPS) is 10.4. The van der Waals surface area contributed by atoms with Gasteiger partial charge in [-0.25, -0.2) is 0 Å². The first-order valence-electron chi connectivity index (χ1n) is 6.91. The molecule has 0 aliphatic heterocycles. The van der Waals surface area contributed by atoms with Gasteiger partial charge in [0.05, 0.1) is 10.6 Å². The Hall–Kier alpha value is -2.00. The Morgan fingerprint density at radius 3 is 2.62 bits per heavy atom. The molecule has 0 atom stereocenters. The number of hydrogen-bond donors (Lipinski definition) is 1. The Morgan fingerprint density at radius 1 is 1.24 bits per heavy atom. The lowest BCUT2D eigenvalue weighted by atomic mass is 10.1. The molecule has 0 fully saturated rings. The van der Waals surface area contributed by atoms with Crippen LogP contribution in [0.25, 0.3) is 0 Å². The third-order valence-corrected chi connectivity index (χ3v) is 3.84. The quantitative estimate of drug-likeness (QED) is 0.871. The lowest BCUT2D eigenvalue weighted by Gasteiger charge is -2.22. The van der Waals surface area contributed by atoms with Crippen LogP contribution < -0.4 is 5.73 Å². The first kappa shape index (κ1) is 15.4. The summed E-state index contributed by atoms with van der Waals surface area (Å²) in [5.74, 6) is -0.0990. The van der Waals surface area contributed by atoms with Gasteiger partial charge in [0.2, 0.25) is 0 Å². The molecule has 0 aliphatic carbocycles. The van der Waals surface area contributed by atoms with Crippen LogP contribution in [0.4, 0.5) is 5.69 Å². The van der Waals surface area contributed by atoms with Gasteiger partial charge >= 0.3 is 0 Å². The maximum absolute atomic E-state index is 12.7. The molecule has 3 nitrogen and oxygen atoms in total. The summed E-state index contributed by atoms with van der Waals surface area (Å²) in [6, 6.07) is 13.0. The second kappa shape index (κ2) is 6.64. The molecule has 2 aromatic rings. The van der Waals surface area contributed by atoms with Gasteiger partial charge in [-0.1, -0.05) is 35.9 Å². The third-order valence-electron chi connectivity index (χ3n) is 3.51. The molecule has 2 aromatic carbocycles. The van der Waals surface area contributed by atoms with Crippen LogP contribution in [0.3, 0.4) is 0 Å². The number of halogens is 1. The highest BCUT2D eigenvalue weighted by atomic mass is 35.5. The Bertz CT molecular complexity index is 655. The van der Waals surface area contributed by atoms with Crippen LogP contribution in [0, 0.1) is 6.92 Å². The zero-order valence-electron chi connectivity index (χ0n) is 12.3. The van der Waals surface area contributed by atoms with Gasteiger partial charge in [0.1, 0.15) is 0 Å². The van der Waals surface area contributed by atoms with Crippen LogP contribution in [-0.2, 0) is 6.54 Å². The lowest BCUT2D eigenvalue weighted by molar-refractivity contribution is 0.0752. The highest BCUT2D eigenvalue weighted by Gasteiger charge is 2.18. The first-order valence-corrected chi connectivity index (χ1v) is 7.29. The Balaban J connectivity index is 2.27. The van der Waals surface area contributed by atoms with Crippen LogP contribution in [0.5, 0.6) is 0 Å². The van der Waals surface area contributed by atoms with E-state index in [0.717, 1.165) is 5.56 Å². The van der Waals surface area contributed by atoms with E-state index in [9.17, 15) is 4.79 Å². The van der Waals surface area contributed by atoms with Crippen LogP contribution >= 0.6 is 11.6 Å². The third kappa shape index (κ3) is 3.56. The van der Waals surface area contributed by atoms with Crippen molar-refractivity contribution in [1.82, 2.24) is 4.90 Å². The minimum absolute atomic E-state index is 0.0990. The fourth-order valence-electron chi connectivity index (χ4n) is 2.20. The molecule has 0 aromatic heterocycles. The van der Waals surface area contributed by atoms with Crippen molar-refractivity contribution >= 4 is 23.2 Å². The monoisotopic (exact) mass is 302 g/mol. The van der Waals surface area contributed by atoms with Gasteiger partial charge in [-0.2, -0.15) is 0 Å². The maximum Gasteiger partial charge on any atom is 0.255 e. The standard InChI is InChI=1S/C17H19ClN2O/c1-3-20(11-13-7-5-4-6-12(13)2)17(21)15-10-14(19)8-9-16(15)18/h4-10H,3,11,19H2,1-2H3. The average molecular weight is 303 g/mol. The summed E-state index contributed by atoms with van der Waals surface area (Å²) in [6.45, 7) is 5.17. The molecule has 0 aliphatic rings. The predicted molar refractivity (Wildman–Crippen MR) is 87.5 cm³/mol. The number of carbonyl (C=O) groups excluding carboxylic acids is 1. The molecule has 110 valence electrons. The minimum Gasteiger partial charge on any atom is -0.399 e. The molecule has 4 heteroatoms. The fraction of sp³-hybridized carbons (Fsp3) is 0.235. The molecule has 2 N–H and O–H groups in total. The number of amides is 1. The Kier molecular flexibility index (Phi) is 4.86. The summed E-state index contributed by atoms with van der Waals surface area (Å²) < 4.78 is 0. The number of rotatable bonds is 4. The zero-order valence-corrected chi connectivity index (χ0v) is 13.0. The topological polar surface area (TPSA) is 46.3 Å². The van der Waals surface area contributed by atoms with Gasteiger partial charge in [-0.3, -0.25) is 4.79 Å². The van der Waals surface area contributed by atoms with Crippen molar-refractivity contribution in [3.63, 3.8) is 0 Å². The largest absolute Gasteiger partial charge is 0.399 e. The minimum atomic E-state index is -0.0990. The molecule has 1 amide bonds. The second-order valence-electron chi connectivity index (χ2n) is 4.99. The van der Waals surface area contributed by atoms with Gasteiger partial charge in [0, 0.05) is 18.8 Å². The number of carbonyl (C=O) groups is 1. The molecule has 0 radical (unpaired) electrons. The maximum atomic E-state index is 12.7. The van der Waals surface area contributed by atoms with E-state index in [-0.39, 0.29) is 5.91 Å². The SMILES string of the molecule is CCN(Cc1ccccc1C)C(=O)c1cc(N)ccc1Cl. The molecule has 21 heavy (non-hydrogen) atoms. The number of nitrogens with two attached hydrogens (primary N) is 1. The van der Waals surface area contributed by atoms with E-state index >= 15 is 0 Å². The highest BCUT2D eigenvalue weighted by molar-refractivity contribution is 6.34. The van der Waals surface area contributed by atoms with Crippen molar-refractivity contribution < 1.29 is 4.79 Å². The van der Waals surface area contributed by atoms with Gasteiger partial charge in [-0.15, -0.1) is 0 Å². The van der Waals surface area contributed by atoms with Crippen LogP contribution in [0.1, 0.15) is 28.4 Å². The zero-order chi connectivity index (χ0) is 15.4. The molecule has 0 heterocycles. The molecular formula is C17H19ClN2O. The highest BCUT2D eigenvalue weighted by Crippen LogP contribution is 2.22. The van der Waals surface area contributed by atoms with Crippen molar-refractivity contribution in [1.29, 1.82) is 0 Å². The molecule has 0 spiro atoms. The van der Waals surface area contributed by atoms with E-state index in [1.54, 1.807) is 23.1 Å². The van der Waals surface area contributed by atoms with E-state index in [2.05, 4.69) is 0 Å². The number of anilines is 1. The van der Waals surface area contributed by atoms with Crippen LogP contribution in [0.2, 0.25) is 5.02 Å². The van der Waals surface area contributed by atoms with Crippen molar-refractivity contribution in [3.05, 3.63) is 64.2 Å². The Morgan fingerprint density at radius 2 is 1.95 bits per heavy atom. The molecule has 2 rings (SSSR count). The van der Waals surface area contributed by atoms with Crippen LogP contribution in [0.15, 0.2) is 42.5 Å². The molecule has 0 saturated heterocycles. The summed E-state index contributed by atoms with van der Waals surface area (Å²) in [7, 11) is 0. The van der Waals surface area contributed by atoms with Crippen molar-refractivity contribution in [2.24, 2.45) is 0 Å². The van der Waals surface area contributed by atoms with Gasteiger partial charge in [-0.05, 0) is 43.2 Å². The first-order chi connectivity index (χ1) is 10.0. The molecule has 0 saturated carbocycles. The number of benzene rings is 2. The van der Waals surface area contributed by atoms with Crippen molar-refractivity contribution in [2.45, 2.75) is 20.4 Å². The summed E-state index contributed by atoms with van der Waals surface area (Å²) in [6.07, 6.45) is 0. The van der Waals surface area contributed by atoms with E-state index in [1.165, 1.54) is 5.56 Å². The molecule has 0 bridgehead atoms. The molecule has 0 unspecified atom stereocenters. The number of aryl methyl sites for hydroxylation is 1. The van der Waals surface area contributed by atoms with Gasteiger partial charge in [0.25, 0.3) is 5.91 Å². The summed E-state index contributed by atoms with van der Waals surface area (Å²) in [5, 5.41) is 0.428. The number of nitrogen functional groups attached to an aromatic ring is 1. The second-order valence-corrected chi connectivity index (χ2v) is 5.39. The van der Waals surface area contributed by atoms with E-state index in [4.69, 9.17) is 17.3 Å². The summed E-state index contributed by atoms with van der Waals surface area (Å²) >= 11 is 6.12. The van der Waals surface area contributed by atoms with Gasteiger partial charge in [0.15, 0.2) is 0 Å². The van der Waals surface area contributed by atoms with E-state index in [1.807, 2.05) is 38.1 Å². The summed E-state index contributed by atoms with van der Waals surface area (Å²) in [4.78, 5) is 14.4. The number of hydrogen-bond acceptors (Lipinski definition) is 2. The summed E-state index contributed by atoms with van der Waals surface area (Å²) in [5.41, 5.74) is 9.04. The smallest absolute Gasteiger partial charge is 0.255 e. The predicted octanol–water partition coefficient (Wildman–Crippen LogP) is 3.89. The Labute approximate surface area is 130 Å². The van der Waals surface area contributed by atoms with Crippen molar-refractivity contribution in [2.75, 3.05) is 12.3 Å². The molecular weight excluding hydrogens is 284 g/mol. The lowest BCUT2D eigenvalue weighted by Crippen LogP contribution is -2.30. The van der Waals surface area contributed by atoms with Crippen LogP contribution in [-0.4, -0.2) is 17.4 Å². The van der Waals surface area contributed by atoms with E-state index in [0.29, 0.717) is 29.4 Å². The van der Waals surface area contributed by atoms with E-state index < -0.39 is 0 Å². The number of nitrogens with zero attached hydrogens (tertiary/aromatic N) is 1. The fourth-order valence-corrected chi connectivity index (χ4v) is 2.40. The van der Waals surface area contributed by atoms with Crippen molar-refractivity contribution in [3.8, 4) is 0 Å².